The molecule has 0 N–H and O–H groups in total. The van der Waals surface area contributed by atoms with Gasteiger partial charge in [-0.25, -0.2) is 0 Å². The smallest absolute Gasteiger partial charge is 0.310 e. The van der Waals surface area contributed by atoms with Crippen LogP contribution in [0, 0.1) is 5.92 Å². The third-order valence-electron chi connectivity index (χ3n) is 5.00. The molecule has 0 aromatic heterocycles. The number of benzene rings is 2. The summed E-state index contributed by atoms with van der Waals surface area (Å²) in [5.74, 6) is 1.36. The first kappa shape index (κ1) is 20.2. The fourth-order valence-corrected chi connectivity index (χ4v) is 3.58. The molecule has 0 radical (unpaired) electrons. The van der Waals surface area contributed by atoms with Crippen LogP contribution in [-0.4, -0.2) is 37.7 Å². The summed E-state index contributed by atoms with van der Waals surface area (Å²) in [6.45, 7) is 5.30. The lowest BCUT2D eigenvalue weighted by Gasteiger charge is -2.31. The van der Waals surface area contributed by atoms with Gasteiger partial charge < -0.3 is 14.2 Å². The Morgan fingerprint density at radius 1 is 1.11 bits per heavy atom. The first-order valence-corrected chi connectivity index (χ1v) is 9.92. The fourth-order valence-electron chi connectivity index (χ4n) is 3.58. The molecule has 2 aromatic carbocycles. The SMILES string of the molecule is CCOC(=O)[C@@H]1CCCN(Cc2ccc(OC)c(OCc3ccccc3)c2)C1. The number of hydrogen-bond donors (Lipinski definition) is 0. The number of ether oxygens (including phenoxy) is 3. The minimum absolute atomic E-state index is 0.0271. The van der Waals surface area contributed by atoms with Crippen molar-refractivity contribution in [1.82, 2.24) is 4.90 Å². The number of carbonyl (C=O) groups excluding carboxylic acids is 1. The summed E-state index contributed by atoms with van der Waals surface area (Å²) in [6, 6.07) is 16.1. The highest BCUT2D eigenvalue weighted by molar-refractivity contribution is 5.72. The summed E-state index contributed by atoms with van der Waals surface area (Å²) in [7, 11) is 1.65. The predicted molar refractivity (Wildman–Crippen MR) is 108 cm³/mol. The third kappa shape index (κ3) is 5.49. The number of nitrogens with zero attached hydrogens (tertiary/aromatic N) is 1. The van der Waals surface area contributed by atoms with Gasteiger partial charge in [0.2, 0.25) is 0 Å². The molecular formula is C23H29NO4. The summed E-state index contributed by atoms with van der Waals surface area (Å²) in [5, 5.41) is 0. The molecule has 0 spiro atoms. The molecule has 0 amide bonds. The van der Waals surface area contributed by atoms with Gasteiger partial charge in [-0.3, -0.25) is 9.69 Å². The lowest BCUT2D eigenvalue weighted by molar-refractivity contribution is -0.150. The van der Waals surface area contributed by atoms with Crippen molar-refractivity contribution in [2.24, 2.45) is 5.92 Å². The average Bonchev–Trinajstić information content (AvgIpc) is 2.73. The van der Waals surface area contributed by atoms with Gasteiger partial charge in [-0.05, 0) is 49.6 Å². The van der Waals surface area contributed by atoms with Crippen LogP contribution in [0.2, 0.25) is 0 Å². The van der Waals surface area contributed by atoms with Crippen LogP contribution in [0.1, 0.15) is 30.9 Å². The zero-order valence-corrected chi connectivity index (χ0v) is 16.7. The summed E-state index contributed by atoms with van der Waals surface area (Å²) in [5.41, 5.74) is 2.26. The number of likely N-dealkylation sites (tertiary alicyclic amines) is 1. The van der Waals surface area contributed by atoms with E-state index in [1.807, 2.05) is 49.4 Å². The molecule has 1 heterocycles. The van der Waals surface area contributed by atoms with Gasteiger partial charge >= 0.3 is 5.97 Å². The second-order valence-electron chi connectivity index (χ2n) is 7.09. The Morgan fingerprint density at radius 3 is 2.68 bits per heavy atom. The minimum atomic E-state index is -0.0752. The molecule has 1 aliphatic rings. The molecule has 1 aliphatic heterocycles. The maximum atomic E-state index is 12.1. The number of esters is 1. The van der Waals surface area contributed by atoms with Crippen LogP contribution in [0.3, 0.4) is 0 Å². The normalized spacial score (nSPS) is 17.1. The van der Waals surface area contributed by atoms with Crippen LogP contribution in [0.25, 0.3) is 0 Å². The van der Waals surface area contributed by atoms with E-state index in [9.17, 15) is 4.79 Å². The molecule has 2 aromatic rings. The molecule has 1 fully saturated rings. The Balaban J connectivity index is 1.64. The van der Waals surface area contributed by atoms with Crippen LogP contribution >= 0.6 is 0 Å². The van der Waals surface area contributed by atoms with Crippen molar-refractivity contribution in [2.45, 2.75) is 32.9 Å². The standard InChI is InChI=1S/C23H29NO4/c1-3-27-23(25)20-10-7-13-24(16-20)15-19-11-12-21(26-2)22(14-19)28-17-18-8-5-4-6-9-18/h4-6,8-9,11-12,14,20H,3,7,10,13,15-17H2,1-2H3/t20-/m1/s1. The highest BCUT2D eigenvalue weighted by Crippen LogP contribution is 2.30. The highest BCUT2D eigenvalue weighted by atomic mass is 16.5. The van der Waals surface area contributed by atoms with Gasteiger partial charge in [0.15, 0.2) is 11.5 Å². The Hall–Kier alpha value is -2.53. The average molecular weight is 383 g/mol. The molecule has 0 aliphatic carbocycles. The van der Waals surface area contributed by atoms with E-state index in [1.165, 1.54) is 0 Å². The second kappa shape index (κ2) is 10.1. The van der Waals surface area contributed by atoms with Crippen LogP contribution < -0.4 is 9.47 Å². The lowest BCUT2D eigenvalue weighted by atomic mass is 9.97. The Bertz CT molecular complexity index is 762. The molecule has 150 valence electrons. The molecular weight excluding hydrogens is 354 g/mol. The molecule has 3 rings (SSSR count). The van der Waals surface area contributed by atoms with Gasteiger partial charge in [0.25, 0.3) is 0 Å². The van der Waals surface area contributed by atoms with E-state index in [-0.39, 0.29) is 11.9 Å². The zero-order valence-electron chi connectivity index (χ0n) is 16.7. The van der Waals surface area contributed by atoms with Crippen molar-refractivity contribution in [1.29, 1.82) is 0 Å². The summed E-state index contributed by atoms with van der Waals surface area (Å²) in [4.78, 5) is 14.4. The van der Waals surface area contributed by atoms with E-state index in [1.54, 1.807) is 7.11 Å². The summed E-state index contributed by atoms with van der Waals surface area (Å²) in [6.07, 6.45) is 1.92. The molecule has 28 heavy (non-hydrogen) atoms. The Labute approximate surface area is 167 Å². The topological polar surface area (TPSA) is 48.0 Å². The van der Waals surface area contributed by atoms with E-state index >= 15 is 0 Å². The largest absolute Gasteiger partial charge is 0.493 e. The van der Waals surface area contributed by atoms with Crippen molar-refractivity contribution in [2.75, 3.05) is 26.8 Å². The lowest BCUT2D eigenvalue weighted by Crippen LogP contribution is -2.38. The van der Waals surface area contributed by atoms with Crippen molar-refractivity contribution in [3.05, 3.63) is 59.7 Å². The number of piperidine rings is 1. The van der Waals surface area contributed by atoms with Gasteiger partial charge in [0, 0.05) is 13.1 Å². The van der Waals surface area contributed by atoms with Crippen LogP contribution in [-0.2, 0) is 22.7 Å². The van der Waals surface area contributed by atoms with Crippen molar-refractivity contribution < 1.29 is 19.0 Å². The van der Waals surface area contributed by atoms with Crippen LogP contribution in [0.15, 0.2) is 48.5 Å². The van der Waals surface area contributed by atoms with Crippen LogP contribution in [0.4, 0.5) is 0 Å². The van der Waals surface area contributed by atoms with E-state index in [4.69, 9.17) is 14.2 Å². The van der Waals surface area contributed by atoms with Gasteiger partial charge in [-0.2, -0.15) is 0 Å². The molecule has 1 atom stereocenters. The number of rotatable bonds is 8. The second-order valence-corrected chi connectivity index (χ2v) is 7.09. The number of methoxy groups -OCH3 is 1. The molecule has 1 saturated heterocycles. The maximum absolute atomic E-state index is 12.1. The Kier molecular flexibility index (Phi) is 7.31. The van der Waals surface area contributed by atoms with Crippen molar-refractivity contribution in [3.8, 4) is 11.5 Å². The molecule has 0 unspecified atom stereocenters. The minimum Gasteiger partial charge on any atom is -0.493 e. The predicted octanol–water partition coefficient (Wildman–Crippen LogP) is 4.05. The van der Waals surface area contributed by atoms with E-state index in [0.717, 1.165) is 55.1 Å². The first-order chi connectivity index (χ1) is 13.7. The zero-order chi connectivity index (χ0) is 19.8. The van der Waals surface area contributed by atoms with Crippen molar-refractivity contribution >= 4 is 5.97 Å². The molecule has 0 bridgehead atoms. The quantitative estimate of drug-likeness (QED) is 0.644. The van der Waals surface area contributed by atoms with Crippen LogP contribution in [0.5, 0.6) is 11.5 Å². The molecule has 0 saturated carbocycles. The molecule has 5 nitrogen and oxygen atoms in total. The monoisotopic (exact) mass is 383 g/mol. The third-order valence-corrected chi connectivity index (χ3v) is 5.00. The molecule has 5 heteroatoms. The van der Waals surface area contributed by atoms with E-state index in [0.29, 0.717) is 13.2 Å². The highest BCUT2D eigenvalue weighted by Gasteiger charge is 2.26. The summed E-state index contributed by atoms with van der Waals surface area (Å²) >= 11 is 0. The van der Waals surface area contributed by atoms with Gasteiger partial charge in [-0.1, -0.05) is 36.4 Å². The van der Waals surface area contributed by atoms with Gasteiger partial charge in [0.05, 0.1) is 19.6 Å². The number of hydrogen-bond acceptors (Lipinski definition) is 5. The maximum Gasteiger partial charge on any atom is 0.310 e. The fraction of sp³-hybridized carbons (Fsp3) is 0.435. The number of carbonyl (C=O) groups is 1. The van der Waals surface area contributed by atoms with E-state index in [2.05, 4.69) is 11.0 Å². The van der Waals surface area contributed by atoms with Gasteiger partial charge in [0.1, 0.15) is 6.61 Å². The van der Waals surface area contributed by atoms with E-state index < -0.39 is 0 Å². The van der Waals surface area contributed by atoms with Crippen molar-refractivity contribution in [3.63, 3.8) is 0 Å². The summed E-state index contributed by atoms with van der Waals surface area (Å²) < 4.78 is 16.7. The first-order valence-electron chi connectivity index (χ1n) is 9.92. The Morgan fingerprint density at radius 2 is 1.93 bits per heavy atom. The van der Waals surface area contributed by atoms with Gasteiger partial charge in [-0.15, -0.1) is 0 Å².